The molecule has 0 saturated heterocycles. The number of carbonyl (C=O) groups is 2. The minimum Gasteiger partial charge on any atom is -0.481 e. The first kappa shape index (κ1) is 19.1. The van der Waals surface area contributed by atoms with Gasteiger partial charge in [-0.2, -0.15) is 0 Å². The molecule has 0 aliphatic carbocycles. The number of aliphatic carboxylic acids is 1. The molecule has 0 radical (unpaired) electrons. The number of unbranched alkanes of at least 4 members (excludes halogenated alkanes) is 3. The van der Waals surface area contributed by atoms with Crippen LogP contribution >= 0.6 is 0 Å². The van der Waals surface area contributed by atoms with Gasteiger partial charge in [-0.15, -0.1) is 0 Å². The van der Waals surface area contributed by atoms with Crippen molar-refractivity contribution in [3.8, 4) is 0 Å². The largest absolute Gasteiger partial charge is 0.481 e. The number of carboxylic acid groups (broad SMARTS) is 2. The molecule has 0 spiro atoms. The van der Waals surface area contributed by atoms with E-state index in [9.17, 15) is 9.59 Å². The van der Waals surface area contributed by atoms with Gasteiger partial charge in [0.25, 0.3) is 0 Å². The number of rotatable bonds is 8. The first-order chi connectivity index (χ1) is 10.0. The van der Waals surface area contributed by atoms with Crippen molar-refractivity contribution in [2.24, 2.45) is 11.5 Å². The predicted octanol–water partition coefficient (Wildman–Crippen LogP) is 1.82. The van der Waals surface area contributed by atoms with Gasteiger partial charge in [0.15, 0.2) is 0 Å². The summed E-state index contributed by atoms with van der Waals surface area (Å²) in [5, 5.41) is 16.8. The molecule has 0 aromatic heterocycles. The predicted molar refractivity (Wildman–Crippen MR) is 81.1 cm³/mol. The second kappa shape index (κ2) is 11.9. The Balaban J connectivity index is 0.000000384. The van der Waals surface area contributed by atoms with E-state index in [1.807, 2.05) is 0 Å². The standard InChI is InChI=1S/C8H9NO2.C7H15NO2/c9-5-6-1-3-7(4-2-6)8(10)11;8-6-4-2-1-3-5-7(9)10/h1-4H,5,9H2,(H,10,11);1-6,8H2,(H,9,10). The first-order valence-electron chi connectivity index (χ1n) is 6.95. The molecule has 1 aromatic rings. The van der Waals surface area contributed by atoms with E-state index in [1.165, 1.54) is 0 Å². The van der Waals surface area contributed by atoms with Crippen molar-refractivity contribution < 1.29 is 19.8 Å². The quantitative estimate of drug-likeness (QED) is 0.542. The summed E-state index contributed by atoms with van der Waals surface area (Å²) in [5.74, 6) is -1.61. The molecule has 0 unspecified atom stereocenters. The highest BCUT2D eigenvalue weighted by Gasteiger charge is 1.99. The van der Waals surface area contributed by atoms with E-state index in [0.29, 0.717) is 25.1 Å². The van der Waals surface area contributed by atoms with Gasteiger partial charge in [0.2, 0.25) is 0 Å². The maximum Gasteiger partial charge on any atom is 0.335 e. The Bertz CT molecular complexity index is 418. The van der Waals surface area contributed by atoms with Gasteiger partial charge >= 0.3 is 11.9 Å². The summed E-state index contributed by atoms with van der Waals surface area (Å²) in [5.41, 5.74) is 11.8. The van der Waals surface area contributed by atoms with Crippen LogP contribution in [0.5, 0.6) is 0 Å². The van der Waals surface area contributed by atoms with Crippen molar-refractivity contribution in [3.05, 3.63) is 35.4 Å². The summed E-state index contributed by atoms with van der Waals surface area (Å²) in [7, 11) is 0. The number of nitrogens with two attached hydrogens (primary N) is 2. The summed E-state index contributed by atoms with van der Waals surface area (Å²) in [6.45, 7) is 1.16. The van der Waals surface area contributed by atoms with Gasteiger partial charge in [-0.3, -0.25) is 4.79 Å². The van der Waals surface area contributed by atoms with Crippen molar-refractivity contribution in [2.45, 2.75) is 38.6 Å². The molecular formula is C15H24N2O4. The van der Waals surface area contributed by atoms with Gasteiger partial charge in [-0.25, -0.2) is 4.79 Å². The van der Waals surface area contributed by atoms with Crippen LogP contribution in [0.25, 0.3) is 0 Å². The van der Waals surface area contributed by atoms with Gasteiger partial charge in [0.05, 0.1) is 5.56 Å². The van der Waals surface area contributed by atoms with Crippen LogP contribution in [0.4, 0.5) is 0 Å². The number of hydrogen-bond donors (Lipinski definition) is 4. The third-order valence-corrected chi connectivity index (χ3v) is 2.78. The van der Waals surface area contributed by atoms with Crippen LogP contribution in [0.1, 0.15) is 48.0 Å². The molecule has 1 aromatic carbocycles. The minimum atomic E-state index is -0.909. The van der Waals surface area contributed by atoms with Gasteiger partial charge in [0, 0.05) is 13.0 Å². The van der Waals surface area contributed by atoms with E-state index < -0.39 is 11.9 Å². The Labute approximate surface area is 124 Å². The van der Waals surface area contributed by atoms with Gasteiger partial charge < -0.3 is 21.7 Å². The van der Waals surface area contributed by atoms with Gasteiger partial charge in [-0.1, -0.05) is 25.0 Å². The van der Waals surface area contributed by atoms with Crippen molar-refractivity contribution in [1.29, 1.82) is 0 Å². The molecule has 6 N–H and O–H groups in total. The normalized spacial score (nSPS) is 9.62. The van der Waals surface area contributed by atoms with Crippen LogP contribution in [0.15, 0.2) is 24.3 Å². The third kappa shape index (κ3) is 10.5. The summed E-state index contributed by atoms with van der Waals surface area (Å²) in [4.78, 5) is 20.4. The number of benzene rings is 1. The fraction of sp³-hybridized carbons (Fsp3) is 0.467. The zero-order chi connectivity index (χ0) is 16.1. The van der Waals surface area contributed by atoms with Crippen LogP contribution in [0.3, 0.4) is 0 Å². The van der Waals surface area contributed by atoms with Crippen LogP contribution in [-0.4, -0.2) is 28.7 Å². The smallest absolute Gasteiger partial charge is 0.335 e. The van der Waals surface area contributed by atoms with E-state index in [2.05, 4.69) is 0 Å². The zero-order valence-corrected chi connectivity index (χ0v) is 12.1. The lowest BCUT2D eigenvalue weighted by molar-refractivity contribution is -0.137. The van der Waals surface area contributed by atoms with E-state index in [0.717, 1.165) is 31.2 Å². The average molecular weight is 296 g/mol. The summed E-state index contributed by atoms with van der Waals surface area (Å²) in [6, 6.07) is 6.52. The van der Waals surface area contributed by atoms with E-state index >= 15 is 0 Å². The molecule has 118 valence electrons. The monoisotopic (exact) mass is 296 g/mol. The second-order valence-electron chi connectivity index (χ2n) is 4.55. The lowest BCUT2D eigenvalue weighted by atomic mass is 10.1. The van der Waals surface area contributed by atoms with Gasteiger partial charge in [0.1, 0.15) is 0 Å². The highest BCUT2D eigenvalue weighted by atomic mass is 16.4. The second-order valence-corrected chi connectivity index (χ2v) is 4.55. The van der Waals surface area contributed by atoms with Crippen molar-refractivity contribution >= 4 is 11.9 Å². The van der Waals surface area contributed by atoms with E-state index in [4.69, 9.17) is 21.7 Å². The summed E-state index contributed by atoms with van der Waals surface area (Å²) >= 11 is 0. The Hall–Kier alpha value is -1.92. The zero-order valence-electron chi connectivity index (χ0n) is 12.1. The van der Waals surface area contributed by atoms with Crippen LogP contribution in [0, 0.1) is 0 Å². The molecule has 21 heavy (non-hydrogen) atoms. The van der Waals surface area contributed by atoms with Crippen LogP contribution in [0.2, 0.25) is 0 Å². The lowest BCUT2D eigenvalue weighted by Gasteiger charge is -1.96. The molecule has 0 aliphatic rings. The topological polar surface area (TPSA) is 127 Å². The lowest BCUT2D eigenvalue weighted by Crippen LogP contribution is -1.99. The number of hydrogen-bond acceptors (Lipinski definition) is 4. The summed E-state index contributed by atoms with van der Waals surface area (Å²) < 4.78 is 0. The van der Waals surface area contributed by atoms with Gasteiger partial charge in [-0.05, 0) is 37.1 Å². The molecule has 0 bridgehead atoms. The van der Waals surface area contributed by atoms with E-state index in [1.54, 1.807) is 24.3 Å². The average Bonchev–Trinajstić information content (AvgIpc) is 2.47. The molecule has 0 saturated carbocycles. The van der Waals surface area contributed by atoms with Crippen molar-refractivity contribution in [2.75, 3.05) is 6.54 Å². The van der Waals surface area contributed by atoms with Crippen LogP contribution in [-0.2, 0) is 11.3 Å². The number of carboxylic acids is 2. The number of aromatic carboxylic acids is 1. The molecule has 6 heteroatoms. The third-order valence-electron chi connectivity index (χ3n) is 2.78. The Kier molecular flexibility index (Phi) is 10.8. The van der Waals surface area contributed by atoms with E-state index in [-0.39, 0.29) is 0 Å². The molecule has 1 rings (SSSR count). The highest BCUT2D eigenvalue weighted by molar-refractivity contribution is 5.87. The molecule has 0 fully saturated rings. The fourth-order valence-corrected chi connectivity index (χ4v) is 1.56. The molecule has 6 nitrogen and oxygen atoms in total. The van der Waals surface area contributed by atoms with Crippen molar-refractivity contribution in [1.82, 2.24) is 0 Å². The highest BCUT2D eigenvalue weighted by Crippen LogP contribution is 2.03. The molecule has 0 amide bonds. The molecule has 0 aliphatic heterocycles. The Morgan fingerprint density at radius 2 is 1.48 bits per heavy atom. The Morgan fingerprint density at radius 1 is 0.905 bits per heavy atom. The first-order valence-corrected chi connectivity index (χ1v) is 6.95. The summed E-state index contributed by atoms with van der Waals surface area (Å²) in [6.07, 6.45) is 4.15. The maximum absolute atomic E-state index is 10.4. The SMILES string of the molecule is NCCCCCCC(=O)O.NCc1ccc(C(=O)O)cc1. The molecule has 0 heterocycles. The maximum atomic E-state index is 10.4. The molecular weight excluding hydrogens is 272 g/mol. The van der Waals surface area contributed by atoms with Crippen LogP contribution < -0.4 is 11.5 Å². The fourth-order valence-electron chi connectivity index (χ4n) is 1.56. The minimum absolute atomic E-state index is 0.294. The Morgan fingerprint density at radius 3 is 1.90 bits per heavy atom. The molecule has 0 atom stereocenters. The van der Waals surface area contributed by atoms with Crippen molar-refractivity contribution in [3.63, 3.8) is 0 Å².